The fourth-order valence-corrected chi connectivity index (χ4v) is 6.17. The van der Waals surface area contributed by atoms with Crippen molar-refractivity contribution in [2.45, 2.75) is 9.79 Å². The summed E-state index contributed by atoms with van der Waals surface area (Å²) in [5, 5.41) is 0.112. The van der Waals surface area contributed by atoms with E-state index in [0.717, 1.165) is 33.7 Å². The van der Waals surface area contributed by atoms with Crippen LogP contribution in [-0.2, 0) is 0 Å². The molecule has 0 aliphatic heterocycles. The van der Waals surface area contributed by atoms with E-state index in [0.29, 0.717) is 21.2 Å². The number of benzene rings is 4. The van der Waals surface area contributed by atoms with E-state index in [1.807, 2.05) is 0 Å². The van der Waals surface area contributed by atoms with Crippen LogP contribution in [0.2, 0.25) is 10.0 Å². The molecular weight excluding hydrogens is 601 g/mol. The lowest BCUT2D eigenvalue weighted by atomic mass is 10.3. The first kappa shape index (κ1) is 29.5. The molecule has 0 saturated heterocycles. The third-order valence-corrected chi connectivity index (χ3v) is 8.72. The summed E-state index contributed by atoms with van der Waals surface area (Å²) in [5.74, 6) is -2.32. The molecule has 0 unspecified atom stereocenters. The maximum atomic E-state index is 14.6. The topological polar surface area (TPSA) is 59.1 Å². The second-order valence-electron chi connectivity index (χ2n) is 8.12. The Balaban J connectivity index is 1.48. The zero-order valence-electron chi connectivity index (χ0n) is 20.9. The number of hydrogen-bond acceptors (Lipinski definition) is 6. The van der Waals surface area contributed by atoms with Crippen LogP contribution >= 0.6 is 44.8 Å². The molecule has 12 heteroatoms. The lowest BCUT2D eigenvalue weighted by Crippen LogP contribution is -2.29. The predicted octanol–water partition coefficient (Wildman–Crippen LogP) is 9.34. The number of anilines is 2. The Labute approximate surface area is 247 Å². The van der Waals surface area contributed by atoms with Crippen LogP contribution in [0.1, 0.15) is 0 Å². The Morgan fingerprint density at radius 1 is 0.650 bits per heavy atom. The standard InChI is InChI=1S/C28H20Cl2F2N2O4S2/c1-33(17-9-5-3-6-10-17)27(35)37-23-15-25(19(29)13-21(23)31)39-40-26-16-24(22(32)14-20(26)30)38-28(36)34(2)18-11-7-4-8-12-18/h3-16H,1-2H3. The molecule has 0 bridgehead atoms. The average Bonchev–Trinajstić information content (AvgIpc) is 2.95. The molecule has 2 amide bonds. The van der Waals surface area contributed by atoms with Crippen LogP contribution in [0.3, 0.4) is 0 Å². The Morgan fingerprint density at radius 2 is 1.00 bits per heavy atom. The molecule has 0 atom stereocenters. The van der Waals surface area contributed by atoms with Gasteiger partial charge in [0.15, 0.2) is 23.1 Å². The molecule has 0 spiro atoms. The van der Waals surface area contributed by atoms with Crippen molar-refractivity contribution in [3.8, 4) is 11.5 Å². The highest BCUT2D eigenvalue weighted by Gasteiger charge is 2.20. The van der Waals surface area contributed by atoms with Gasteiger partial charge in [-0.05, 0) is 36.4 Å². The number of amides is 2. The molecule has 0 aliphatic carbocycles. The average molecular weight is 622 g/mol. The number of rotatable bonds is 7. The summed E-state index contributed by atoms with van der Waals surface area (Å²) >= 11 is 12.5. The molecule has 206 valence electrons. The predicted molar refractivity (Wildman–Crippen MR) is 156 cm³/mol. The molecule has 0 radical (unpaired) electrons. The Kier molecular flexibility index (Phi) is 9.80. The fourth-order valence-electron chi connectivity index (χ4n) is 3.23. The van der Waals surface area contributed by atoms with Crippen LogP contribution < -0.4 is 19.3 Å². The molecule has 0 saturated carbocycles. The monoisotopic (exact) mass is 620 g/mol. The lowest BCUT2D eigenvalue weighted by Gasteiger charge is -2.18. The van der Waals surface area contributed by atoms with Gasteiger partial charge in [0, 0.05) is 47.4 Å². The van der Waals surface area contributed by atoms with Gasteiger partial charge in [0.1, 0.15) is 0 Å². The van der Waals surface area contributed by atoms with Gasteiger partial charge >= 0.3 is 12.2 Å². The number of ether oxygens (including phenoxy) is 2. The third-order valence-electron chi connectivity index (χ3n) is 5.42. The molecule has 4 rings (SSSR count). The smallest absolute Gasteiger partial charge is 0.407 e. The minimum atomic E-state index is -0.828. The second kappa shape index (κ2) is 13.3. The normalized spacial score (nSPS) is 10.7. The zero-order chi connectivity index (χ0) is 28.8. The molecule has 0 heterocycles. The molecule has 4 aromatic carbocycles. The number of para-hydroxylation sites is 2. The van der Waals surface area contributed by atoms with Crippen molar-refractivity contribution in [1.29, 1.82) is 0 Å². The minimum Gasteiger partial charge on any atom is -0.407 e. The van der Waals surface area contributed by atoms with E-state index < -0.39 is 23.8 Å². The van der Waals surface area contributed by atoms with Crippen LogP contribution in [0.5, 0.6) is 11.5 Å². The van der Waals surface area contributed by atoms with Gasteiger partial charge in [-0.2, -0.15) is 0 Å². The molecule has 0 aliphatic rings. The summed E-state index contributed by atoms with van der Waals surface area (Å²) in [6.07, 6.45) is -1.60. The highest BCUT2D eigenvalue weighted by Crippen LogP contribution is 2.46. The van der Waals surface area contributed by atoms with Crippen molar-refractivity contribution >= 4 is 68.4 Å². The summed E-state index contributed by atoms with van der Waals surface area (Å²) in [6.45, 7) is 0. The van der Waals surface area contributed by atoms with Crippen molar-refractivity contribution in [1.82, 2.24) is 0 Å². The van der Waals surface area contributed by atoms with Crippen molar-refractivity contribution in [3.05, 3.63) is 107 Å². The maximum absolute atomic E-state index is 14.6. The van der Waals surface area contributed by atoms with Crippen LogP contribution in [0.15, 0.2) is 94.7 Å². The second-order valence-corrected chi connectivity index (χ2v) is 11.1. The quantitative estimate of drug-likeness (QED) is 0.192. The zero-order valence-corrected chi connectivity index (χ0v) is 24.1. The number of halogens is 4. The summed E-state index contributed by atoms with van der Waals surface area (Å²) < 4.78 is 39.7. The van der Waals surface area contributed by atoms with E-state index in [1.54, 1.807) is 60.7 Å². The molecule has 6 nitrogen and oxygen atoms in total. The van der Waals surface area contributed by atoms with E-state index in [1.165, 1.54) is 36.0 Å². The van der Waals surface area contributed by atoms with Gasteiger partial charge in [-0.1, -0.05) is 81.2 Å². The van der Waals surface area contributed by atoms with Crippen LogP contribution in [0.4, 0.5) is 29.7 Å². The molecule has 40 heavy (non-hydrogen) atoms. The largest absolute Gasteiger partial charge is 0.419 e. The van der Waals surface area contributed by atoms with E-state index in [9.17, 15) is 18.4 Å². The first-order valence-corrected chi connectivity index (χ1v) is 14.4. The lowest BCUT2D eigenvalue weighted by molar-refractivity contribution is 0.206. The molecule has 0 aromatic heterocycles. The fraction of sp³-hybridized carbons (Fsp3) is 0.0714. The summed E-state index contributed by atoms with van der Waals surface area (Å²) in [5.41, 5.74) is 1.12. The molecule has 0 fully saturated rings. The summed E-state index contributed by atoms with van der Waals surface area (Å²) in [6, 6.07) is 22.0. The number of hydrogen-bond donors (Lipinski definition) is 0. The van der Waals surface area contributed by atoms with Crippen LogP contribution in [0, 0.1) is 11.6 Å². The van der Waals surface area contributed by atoms with Crippen LogP contribution in [-0.4, -0.2) is 26.3 Å². The minimum absolute atomic E-state index is 0.0561. The number of carbonyl (C=O) groups is 2. The van der Waals surface area contributed by atoms with Gasteiger partial charge in [-0.3, -0.25) is 9.80 Å². The van der Waals surface area contributed by atoms with Gasteiger partial charge in [-0.25, -0.2) is 18.4 Å². The summed E-state index contributed by atoms with van der Waals surface area (Å²) in [4.78, 5) is 28.3. The number of carbonyl (C=O) groups excluding carboxylic acids is 2. The highest BCUT2D eigenvalue weighted by atomic mass is 35.5. The van der Waals surface area contributed by atoms with E-state index in [4.69, 9.17) is 32.7 Å². The van der Waals surface area contributed by atoms with Crippen molar-refractivity contribution in [2.75, 3.05) is 23.9 Å². The van der Waals surface area contributed by atoms with Gasteiger partial charge < -0.3 is 9.47 Å². The van der Waals surface area contributed by atoms with Gasteiger partial charge in [0.2, 0.25) is 0 Å². The SMILES string of the molecule is CN(C(=O)Oc1cc(SSc2cc(OC(=O)N(C)c3ccccc3)c(F)cc2Cl)c(Cl)cc1F)c1ccccc1. The van der Waals surface area contributed by atoms with Crippen molar-refractivity contribution in [3.63, 3.8) is 0 Å². The third kappa shape index (κ3) is 7.19. The first-order chi connectivity index (χ1) is 19.1. The van der Waals surface area contributed by atoms with Gasteiger partial charge in [-0.15, -0.1) is 0 Å². The van der Waals surface area contributed by atoms with Crippen molar-refractivity contribution in [2.24, 2.45) is 0 Å². The Bertz CT molecular complexity index is 1420. The van der Waals surface area contributed by atoms with Crippen LogP contribution in [0.25, 0.3) is 0 Å². The summed E-state index contributed by atoms with van der Waals surface area (Å²) in [7, 11) is 5.11. The maximum Gasteiger partial charge on any atom is 0.419 e. The molecule has 4 aromatic rings. The van der Waals surface area contributed by atoms with E-state index in [2.05, 4.69) is 0 Å². The molecule has 0 N–H and O–H groups in total. The highest BCUT2D eigenvalue weighted by molar-refractivity contribution is 8.76. The van der Waals surface area contributed by atoms with Gasteiger partial charge in [0.25, 0.3) is 0 Å². The Hall–Kier alpha value is -3.44. The van der Waals surface area contributed by atoms with Crippen molar-refractivity contribution < 1.29 is 27.8 Å². The molecular formula is C28H20Cl2F2N2O4S2. The van der Waals surface area contributed by atoms with Gasteiger partial charge in [0.05, 0.1) is 10.0 Å². The Morgan fingerprint density at radius 3 is 1.35 bits per heavy atom. The van der Waals surface area contributed by atoms with E-state index >= 15 is 0 Å². The first-order valence-electron chi connectivity index (χ1n) is 11.5. The van der Waals surface area contributed by atoms with E-state index in [-0.39, 0.29) is 21.5 Å². The number of nitrogens with zero attached hydrogens (tertiary/aromatic N) is 2.